The average molecular weight is 146 g/mol. The van der Waals surface area contributed by atoms with E-state index < -0.39 is 0 Å². The predicted octanol–water partition coefficient (Wildman–Crippen LogP) is 0.483. The largest absolute Gasteiger partial charge is 0.316 e. The van der Waals surface area contributed by atoms with Crippen molar-refractivity contribution < 1.29 is 0 Å². The fourth-order valence-electron chi connectivity index (χ4n) is 0.417. The summed E-state index contributed by atoms with van der Waals surface area (Å²) >= 11 is 4.05. The minimum Gasteiger partial charge on any atom is -0.316 e. The van der Waals surface area contributed by atoms with E-state index in [2.05, 4.69) is 28.2 Å². The van der Waals surface area contributed by atoms with Crippen molar-refractivity contribution >= 4 is 22.9 Å². The molecule has 0 unspecified atom stereocenters. The number of nitrogens with one attached hydrogen (secondary N) is 1. The first-order valence-corrected chi connectivity index (χ1v) is 4.22. The van der Waals surface area contributed by atoms with E-state index in [0.717, 1.165) is 24.9 Å². The molecule has 1 nitrogen and oxygen atoms in total. The highest BCUT2D eigenvalue weighted by Crippen LogP contribution is 1.79. The molecule has 0 amide bonds. The van der Waals surface area contributed by atoms with Crippen molar-refractivity contribution in [2.45, 2.75) is 12.5 Å². The fourth-order valence-corrected chi connectivity index (χ4v) is 0.752. The molecule has 1 N–H and O–H groups in total. The molecule has 0 aromatic rings. The Kier molecular flexibility index (Phi) is 8.02. The molecule has 3 radical (unpaired) electrons. The Bertz CT molecular complexity index is 37.4. The molecule has 3 heteroatoms. The summed E-state index contributed by atoms with van der Waals surface area (Å²) in [7, 11) is 3.38. The Labute approximate surface area is 60.1 Å². The number of rotatable bonds is 5. The molecule has 0 saturated carbocycles. The summed E-state index contributed by atoms with van der Waals surface area (Å²) in [4.78, 5) is 0. The van der Waals surface area contributed by atoms with Crippen molar-refractivity contribution in [3.05, 3.63) is 0 Å². The second kappa shape index (κ2) is 7.53. The topological polar surface area (TPSA) is 12.0 Å². The van der Waals surface area contributed by atoms with Crippen LogP contribution in [0.2, 0.25) is 6.04 Å². The third-order valence-electron chi connectivity index (χ3n) is 0.819. The van der Waals surface area contributed by atoms with E-state index in [0.29, 0.717) is 0 Å². The van der Waals surface area contributed by atoms with Crippen LogP contribution in [-0.2, 0) is 0 Å². The highest BCUT2D eigenvalue weighted by molar-refractivity contribution is 7.80. The molecule has 0 aliphatic carbocycles. The summed E-state index contributed by atoms with van der Waals surface area (Å²) in [6.45, 7) is 2.12. The lowest BCUT2D eigenvalue weighted by molar-refractivity contribution is 0.708. The maximum absolute atomic E-state index is 4.05. The number of thiol groups is 1. The summed E-state index contributed by atoms with van der Waals surface area (Å²) in [6, 6.07) is 1.08. The van der Waals surface area contributed by atoms with E-state index in [9.17, 15) is 0 Å². The minimum absolute atomic E-state index is 0.932. The van der Waals surface area contributed by atoms with Gasteiger partial charge in [-0.15, -0.1) is 0 Å². The molecule has 0 aromatic heterocycles. The molecule has 0 rings (SSSR count). The van der Waals surface area contributed by atoms with Crippen LogP contribution in [0.15, 0.2) is 0 Å². The van der Waals surface area contributed by atoms with E-state index in [-0.39, 0.29) is 0 Å². The molecule has 0 bridgehead atoms. The molecule has 8 heavy (non-hydrogen) atoms. The predicted molar refractivity (Wildman–Crippen MR) is 41.9 cm³/mol. The Morgan fingerprint density at radius 1 is 1.38 bits per heavy atom. The van der Waals surface area contributed by atoms with Gasteiger partial charge in [0, 0.05) is 22.5 Å². The van der Waals surface area contributed by atoms with E-state index in [1.807, 2.05) is 0 Å². The lowest BCUT2D eigenvalue weighted by atomic mass is 10.5. The van der Waals surface area contributed by atoms with Gasteiger partial charge >= 0.3 is 0 Å². The maximum Gasteiger partial charge on any atom is 0.0222 e. The third kappa shape index (κ3) is 6.53. The van der Waals surface area contributed by atoms with Gasteiger partial charge in [0.15, 0.2) is 0 Å². The molecule has 0 spiro atoms. The summed E-state index contributed by atoms with van der Waals surface area (Å²) in [5, 5.41) is 3.23. The molecule has 0 aliphatic heterocycles. The summed E-state index contributed by atoms with van der Waals surface area (Å²) in [5.41, 5.74) is 0. The zero-order valence-electron chi connectivity index (χ0n) is 4.98. The van der Waals surface area contributed by atoms with Gasteiger partial charge in [0.25, 0.3) is 0 Å². The smallest absolute Gasteiger partial charge is 0.0222 e. The lowest BCUT2D eigenvalue weighted by Crippen LogP contribution is -2.17. The summed E-state index contributed by atoms with van der Waals surface area (Å²) < 4.78 is 0. The van der Waals surface area contributed by atoms with Gasteiger partial charge in [0.2, 0.25) is 0 Å². The average Bonchev–Trinajstić information content (AvgIpc) is 1.81. The van der Waals surface area contributed by atoms with Gasteiger partial charge in [0.1, 0.15) is 0 Å². The van der Waals surface area contributed by atoms with Crippen LogP contribution in [0, 0.1) is 0 Å². The maximum atomic E-state index is 4.05. The molecular weight excluding hydrogens is 134 g/mol. The van der Waals surface area contributed by atoms with Gasteiger partial charge in [-0.25, -0.2) is 0 Å². The first kappa shape index (κ1) is 8.53. The Morgan fingerprint density at radius 3 is 2.62 bits per heavy atom. The quantitative estimate of drug-likeness (QED) is 0.327. The van der Waals surface area contributed by atoms with Crippen LogP contribution in [0.25, 0.3) is 0 Å². The van der Waals surface area contributed by atoms with Gasteiger partial charge < -0.3 is 5.32 Å². The highest BCUT2D eigenvalue weighted by Gasteiger charge is 1.81. The summed E-state index contributed by atoms with van der Waals surface area (Å²) in [5.74, 6) is 0.932. The Morgan fingerprint density at radius 2 is 2.12 bits per heavy atom. The van der Waals surface area contributed by atoms with Gasteiger partial charge in [-0.1, -0.05) is 6.04 Å². The first-order valence-electron chi connectivity index (χ1n) is 2.88. The number of hydrogen-bond acceptors (Lipinski definition) is 2. The molecule has 0 saturated heterocycles. The van der Waals surface area contributed by atoms with Crippen LogP contribution < -0.4 is 5.32 Å². The van der Waals surface area contributed by atoms with E-state index in [1.165, 1.54) is 6.42 Å². The van der Waals surface area contributed by atoms with Gasteiger partial charge in [-0.05, 0) is 13.0 Å². The van der Waals surface area contributed by atoms with Crippen LogP contribution >= 0.6 is 12.6 Å². The van der Waals surface area contributed by atoms with E-state index >= 15 is 0 Å². The molecule has 0 aromatic carbocycles. The van der Waals surface area contributed by atoms with Crippen molar-refractivity contribution in [2.75, 3.05) is 18.8 Å². The van der Waals surface area contributed by atoms with Crippen molar-refractivity contribution in [1.29, 1.82) is 0 Å². The van der Waals surface area contributed by atoms with Crippen LogP contribution in [0.4, 0.5) is 0 Å². The molecule has 0 aliphatic rings. The first-order chi connectivity index (χ1) is 3.91. The van der Waals surface area contributed by atoms with Gasteiger partial charge in [-0.2, -0.15) is 12.6 Å². The van der Waals surface area contributed by atoms with Crippen molar-refractivity contribution in [3.8, 4) is 0 Å². The van der Waals surface area contributed by atoms with Crippen molar-refractivity contribution in [1.82, 2.24) is 5.32 Å². The molecule has 0 atom stereocenters. The summed E-state index contributed by atoms with van der Waals surface area (Å²) in [6.07, 6.45) is 1.20. The van der Waals surface area contributed by atoms with Crippen LogP contribution in [-0.4, -0.2) is 29.1 Å². The minimum atomic E-state index is 0.932. The Balaban J connectivity index is 2.53. The van der Waals surface area contributed by atoms with Gasteiger partial charge in [0.05, 0.1) is 0 Å². The zero-order valence-corrected chi connectivity index (χ0v) is 6.88. The molecule has 47 valence electrons. The van der Waals surface area contributed by atoms with Gasteiger partial charge in [-0.3, -0.25) is 0 Å². The van der Waals surface area contributed by atoms with Crippen LogP contribution in [0.3, 0.4) is 0 Å². The third-order valence-corrected chi connectivity index (χ3v) is 1.40. The van der Waals surface area contributed by atoms with E-state index in [4.69, 9.17) is 0 Å². The fraction of sp³-hybridized carbons (Fsp3) is 1.00. The monoisotopic (exact) mass is 146 g/mol. The van der Waals surface area contributed by atoms with Crippen LogP contribution in [0.1, 0.15) is 6.42 Å². The second-order valence-electron chi connectivity index (χ2n) is 1.58. The number of hydrogen-bond donors (Lipinski definition) is 2. The second-order valence-corrected chi connectivity index (χ2v) is 2.52. The van der Waals surface area contributed by atoms with Crippen LogP contribution in [0.5, 0.6) is 0 Å². The van der Waals surface area contributed by atoms with E-state index in [1.54, 1.807) is 0 Å². The van der Waals surface area contributed by atoms with Crippen molar-refractivity contribution in [3.63, 3.8) is 0 Å². The lowest BCUT2D eigenvalue weighted by Gasteiger charge is -1.97. The molecular formula is C5H12NSSi. The molecule has 0 heterocycles. The normalized spacial score (nSPS) is 9.75. The highest BCUT2D eigenvalue weighted by atomic mass is 32.1. The van der Waals surface area contributed by atoms with Crippen molar-refractivity contribution in [2.24, 2.45) is 0 Å². The zero-order chi connectivity index (χ0) is 6.24. The SMILES string of the molecule is [Si]CCCNCCS. The Hall–Kier alpha value is 0.527. The molecule has 0 fully saturated rings. The standard InChI is InChI=1S/C5H12NSSi/c7-4-3-6-2-1-5-8/h6-7H,1-5H2.